The lowest BCUT2D eigenvalue weighted by molar-refractivity contribution is 0.0950. The number of carbonyl (C=O) groups is 1. The lowest BCUT2D eigenvalue weighted by Gasteiger charge is -2.22. The summed E-state index contributed by atoms with van der Waals surface area (Å²) >= 11 is 7.83. The molecule has 4 nitrogen and oxygen atoms in total. The number of anilines is 1. The topological polar surface area (TPSA) is 54.0 Å². The van der Waals surface area contributed by atoms with Crippen LogP contribution in [-0.2, 0) is 0 Å². The van der Waals surface area contributed by atoms with Gasteiger partial charge in [-0.25, -0.2) is 4.98 Å². The van der Waals surface area contributed by atoms with Gasteiger partial charge in [0, 0.05) is 24.0 Å². The first-order valence-electron chi connectivity index (χ1n) is 6.62. The second-order valence-electron chi connectivity index (χ2n) is 5.13. The van der Waals surface area contributed by atoms with Crippen molar-refractivity contribution in [1.82, 2.24) is 10.3 Å². The van der Waals surface area contributed by atoms with Crippen LogP contribution in [0.1, 0.15) is 37.6 Å². The number of rotatable bonds is 7. The maximum absolute atomic E-state index is 12.0. The second kappa shape index (κ2) is 7.74. The first-order chi connectivity index (χ1) is 9.39. The molecule has 0 aromatic carbocycles. The van der Waals surface area contributed by atoms with Crippen molar-refractivity contribution in [3.05, 3.63) is 22.8 Å². The maximum Gasteiger partial charge on any atom is 0.252 e. The number of aromatic nitrogens is 1. The Bertz CT molecular complexity index is 466. The highest BCUT2D eigenvalue weighted by atomic mass is 35.5. The van der Waals surface area contributed by atoms with Gasteiger partial charge in [-0.1, -0.05) is 18.5 Å². The van der Waals surface area contributed by atoms with Gasteiger partial charge in [0.2, 0.25) is 0 Å². The molecular weight excluding hydrogens is 294 g/mol. The van der Waals surface area contributed by atoms with E-state index in [2.05, 4.69) is 36.4 Å². The maximum atomic E-state index is 12.0. The van der Waals surface area contributed by atoms with Gasteiger partial charge in [-0.15, -0.1) is 0 Å². The molecular formula is C14H22ClN3OS. The Morgan fingerprint density at radius 2 is 2.20 bits per heavy atom. The highest BCUT2D eigenvalue weighted by molar-refractivity contribution is 7.99. The van der Waals surface area contributed by atoms with Crippen LogP contribution in [0.25, 0.3) is 0 Å². The first-order valence-corrected chi connectivity index (χ1v) is 8.22. The minimum atomic E-state index is -0.149. The van der Waals surface area contributed by atoms with Crippen molar-refractivity contribution in [2.45, 2.75) is 31.9 Å². The molecule has 0 fully saturated rings. The second-order valence-corrected chi connectivity index (χ2v) is 7.05. The predicted octanol–water partition coefficient (Wildman–Crippen LogP) is 3.43. The number of nitrogens with zero attached hydrogens (tertiary/aromatic N) is 1. The third-order valence-electron chi connectivity index (χ3n) is 2.87. The van der Waals surface area contributed by atoms with Gasteiger partial charge in [-0.3, -0.25) is 4.79 Å². The number of nitrogens with one attached hydrogen (secondary N) is 2. The van der Waals surface area contributed by atoms with Gasteiger partial charge in [0.15, 0.2) is 0 Å². The van der Waals surface area contributed by atoms with Gasteiger partial charge < -0.3 is 10.6 Å². The van der Waals surface area contributed by atoms with Crippen molar-refractivity contribution in [1.29, 1.82) is 0 Å². The molecule has 0 atom stereocenters. The van der Waals surface area contributed by atoms with Crippen LogP contribution in [0.3, 0.4) is 0 Å². The molecule has 0 radical (unpaired) electrons. The molecule has 0 saturated carbocycles. The smallest absolute Gasteiger partial charge is 0.252 e. The Kier molecular flexibility index (Phi) is 6.62. The van der Waals surface area contributed by atoms with Crippen LogP contribution in [0.5, 0.6) is 0 Å². The molecule has 2 N–H and O–H groups in total. The van der Waals surface area contributed by atoms with Gasteiger partial charge >= 0.3 is 0 Å². The van der Waals surface area contributed by atoms with Crippen LogP contribution >= 0.6 is 23.4 Å². The molecule has 0 aliphatic heterocycles. The van der Waals surface area contributed by atoms with Crippen LogP contribution in [0.15, 0.2) is 12.3 Å². The van der Waals surface area contributed by atoms with Crippen molar-refractivity contribution in [2.24, 2.45) is 0 Å². The zero-order chi connectivity index (χ0) is 15.2. The Balaban J connectivity index is 2.67. The summed E-state index contributed by atoms with van der Waals surface area (Å²) in [5.74, 6) is 0.470. The van der Waals surface area contributed by atoms with E-state index in [0.717, 1.165) is 13.0 Å². The minimum absolute atomic E-state index is 0.00943. The van der Waals surface area contributed by atoms with E-state index in [9.17, 15) is 4.79 Å². The summed E-state index contributed by atoms with van der Waals surface area (Å²) in [6.07, 6.45) is 4.56. The molecule has 1 aromatic rings. The number of pyridine rings is 1. The molecule has 0 bridgehead atoms. The third kappa shape index (κ3) is 5.21. The molecule has 1 aromatic heterocycles. The lowest BCUT2D eigenvalue weighted by Crippen LogP contribution is -2.36. The standard InChI is InChI=1S/C14H22ClN3OS/c1-5-6-16-12-11(15)7-10(8-17-12)13(19)18-9-14(2,3)20-4/h7-8H,5-6,9H2,1-4H3,(H,16,17)(H,18,19). The quantitative estimate of drug-likeness (QED) is 0.809. The molecule has 0 saturated heterocycles. The summed E-state index contributed by atoms with van der Waals surface area (Å²) in [6, 6.07) is 1.65. The number of carbonyl (C=O) groups excluding carboxylic acids is 1. The summed E-state index contributed by atoms with van der Waals surface area (Å²) < 4.78 is 0.00943. The Labute approximate surface area is 130 Å². The van der Waals surface area contributed by atoms with Crippen molar-refractivity contribution in [3.8, 4) is 0 Å². The van der Waals surface area contributed by atoms with Gasteiger partial charge in [0.05, 0.1) is 10.6 Å². The molecule has 20 heavy (non-hydrogen) atoms. The zero-order valence-corrected chi connectivity index (χ0v) is 14.0. The van der Waals surface area contributed by atoms with E-state index in [-0.39, 0.29) is 10.7 Å². The van der Waals surface area contributed by atoms with Crippen molar-refractivity contribution in [3.63, 3.8) is 0 Å². The Hall–Kier alpha value is -0.940. The van der Waals surface area contributed by atoms with Crippen LogP contribution in [-0.4, -0.2) is 35.0 Å². The fourth-order valence-electron chi connectivity index (χ4n) is 1.40. The van der Waals surface area contributed by atoms with Crippen LogP contribution < -0.4 is 10.6 Å². The summed E-state index contributed by atoms with van der Waals surface area (Å²) in [4.78, 5) is 16.2. The van der Waals surface area contributed by atoms with E-state index in [0.29, 0.717) is 22.9 Å². The van der Waals surface area contributed by atoms with Crippen LogP contribution in [0.4, 0.5) is 5.82 Å². The Morgan fingerprint density at radius 1 is 1.50 bits per heavy atom. The molecule has 1 rings (SSSR count). The minimum Gasteiger partial charge on any atom is -0.369 e. The molecule has 0 spiro atoms. The highest BCUT2D eigenvalue weighted by Gasteiger charge is 2.18. The number of amides is 1. The van der Waals surface area contributed by atoms with E-state index in [1.165, 1.54) is 0 Å². The summed E-state index contributed by atoms with van der Waals surface area (Å²) in [5.41, 5.74) is 0.481. The number of hydrogen-bond acceptors (Lipinski definition) is 4. The monoisotopic (exact) mass is 315 g/mol. The highest BCUT2D eigenvalue weighted by Crippen LogP contribution is 2.21. The molecule has 1 heterocycles. The van der Waals surface area contributed by atoms with E-state index in [1.807, 2.05) is 6.26 Å². The molecule has 6 heteroatoms. The van der Waals surface area contributed by atoms with Gasteiger partial charge in [0.25, 0.3) is 5.91 Å². The SMILES string of the molecule is CCCNc1ncc(C(=O)NCC(C)(C)SC)cc1Cl. The molecule has 112 valence electrons. The number of hydrogen-bond donors (Lipinski definition) is 2. The first kappa shape index (κ1) is 17.1. The fourth-order valence-corrected chi connectivity index (χ4v) is 1.85. The number of halogens is 1. The lowest BCUT2D eigenvalue weighted by atomic mass is 10.2. The molecule has 1 amide bonds. The van der Waals surface area contributed by atoms with Crippen LogP contribution in [0, 0.1) is 0 Å². The average Bonchev–Trinajstić information content (AvgIpc) is 2.43. The fraction of sp³-hybridized carbons (Fsp3) is 0.571. The summed E-state index contributed by atoms with van der Waals surface area (Å²) in [5, 5.41) is 6.49. The average molecular weight is 316 g/mol. The van der Waals surface area contributed by atoms with E-state index in [1.54, 1.807) is 24.0 Å². The van der Waals surface area contributed by atoms with Gasteiger partial charge in [-0.05, 0) is 32.6 Å². The number of thioether (sulfide) groups is 1. The van der Waals surface area contributed by atoms with Gasteiger partial charge in [-0.2, -0.15) is 11.8 Å². The third-order valence-corrected chi connectivity index (χ3v) is 4.41. The van der Waals surface area contributed by atoms with E-state index < -0.39 is 0 Å². The predicted molar refractivity (Wildman–Crippen MR) is 88.0 cm³/mol. The van der Waals surface area contributed by atoms with Crippen LogP contribution in [0.2, 0.25) is 5.02 Å². The summed E-state index contributed by atoms with van der Waals surface area (Å²) in [7, 11) is 0. The normalized spacial score (nSPS) is 11.2. The Morgan fingerprint density at radius 3 is 2.75 bits per heavy atom. The van der Waals surface area contributed by atoms with Crippen molar-refractivity contribution in [2.75, 3.05) is 24.7 Å². The van der Waals surface area contributed by atoms with Crippen molar-refractivity contribution >= 4 is 35.1 Å². The van der Waals surface area contributed by atoms with E-state index in [4.69, 9.17) is 11.6 Å². The zero-order valence-electron chi connectivity index (χ0n) is 12.4. The molecule has 0 aliphatic rings. The molecule has 0 aliphatic carbocycles. The summed E-state index contributed by atoms with van der Waals surface area (Å²) in [6.45, 7) is 7.64. The van der Waals surface area contributed by atoms with Crippen molar-refractivity contribution < 1.29 is 4.79 Å². The molecule has 0 unspecified atom stereocenters. The van der Waals surface area contributed by atoms with Gasteiger partial charge in [0.1, 0.15) is 5.82 Å². The largest absolute Gasteiger partial charge is 0.369 e. The van der Waals surface area contributed by atoms with E-state index >= 15 is 0 Å².